The molecule has 0 aromatic carbocycles. The first kappa shape index (κ1) is 16.2. The van der Waals surface area contributed by atoms with Crippen LogP contribution in [-0.4, -0.2) is 36.8 Å². The molecule has 0 saturated carbocycles. The summed E-state index contributed by atoms with van der Waals surface area (Å²) in [4.78, 5) is 0. The molecule has 0 aliphatic rings. The molecular formula is C12H27N3O2. The fraction of sp³-hybridized carbons (Fsp3) is 0.917. The maximum atomic E-state index is 8.64. The molecular weight excluding hydrogens is 218 g/mol. The highest BCUT2D eigenvalue weighted by molar-refractivity contribution is 5.85. The van der Waals surface area contributed by atoms with Crippen LogP contribution in [0, 0.1) is 5.41 Å². The molecule has 0 aromatic heterocycles. The number of amidine groups is 1. The third-order valence-electron chi connectivity index (χ3n) is 3.06. The normalized spacial score (nSPS) is 14.1. The highest BCUT2D eigenvalue weighted by Crippen LogP contribution is 2.21. The fourth-order valence-electron chi connectivity index (χ4n) is 1.38. The van der Waals surface area contributed by atoms with Crippen molar-refractivity contribution in [3.05, 3.63) is 0 Å². The van der Waals surface area contributed by atoms with E-state index in [1.807, 2.05) is 27.7 Å². The summed E-state index contributed by atoms with van der Waals surface area (Å²) in [6.45, 7) is 9.74. The van der Waals surface area contributed by atoms with Gasteiger partial charge in [-0.3, -0.25) is 0 Å². The van der Waals surface area contributed by atoms with Gasteiger partial charge in [0.05, 0.1) is 5.60 Å². The number of oxime groups is 1. The summed E-state index contributed by atoms with van der Waals surface area (Å²) in [7, 11) is 1.71. The van der Waals surface area contributed by atoms with E-state index in [1.165, 1.54) is 0 Å². The Morgan fingerprint density at radius 3 is 2.41 bits per heavy atom. The molecule has 0 unspecified atom stereocenters. The number of rotatable bonds is 8. The van der Waals surface area contributed by atoms with Crippen molar-refractivity contribution in [1.82, 2.24) is 5.32 Å². The lowest BCUT2D eigenvalue weighted by molar-refractivity contribution is 0.0233. The van der Waals surface area contributed by atoms with Gasteiger partial charge in [0.25, 0.3) is 0 Å². The lowest BCUT2D eigenvalue weighted by atomic mass is 9.86. The maximum absolute atomic E-state index is 8.64. The van der Waals surface area contributed by atoms with Gasteiger partial charge in [0.2, 0.25) is 0 Å². The van der Waals surface area contributed by atoms with Crippen molar-refractivity contribution in [1.29, 1.82) is 0 Å². The zero-order valence-corrected chi connectivity index (χ0v) is 11.7. The summed E-state index contributed by atoms with van der Waals surface area (Å²) in [5, 5.41) is 15.0. The fourth-order valence-corrected chi connectivity index (χ4v) is 1.38. The number of nitrogens with two attached hydrogens (primary N) is 1. The number of ether oxygens (including phenoxy) is 1. The molecule has 0 fully saturated rings. The molecule has 102 valence electrons. The second-order valence-corrected chi connectivity index (χ2v) is 5.61. The minimum Gasteiger partial charge on any atom is -0.409 e. The molecule has 0 saturated heterocycles. The Morgan fingerprint density at radius 2 is 1.94 bits per heavy atom. The molecule has 0 amide bonds. The highest BCUT2D eigenvalue weighted by atomic mass is 16.5. The van der Waals surface area contributed by atoms with Gasteiger partial charge >= 0.3 is 0 Å². The predicted octanol–water partition coefficient (Wildman–Crippen LogP) is 1.55. The van der Waals surface area contributed by atoms with Gasteiger partial charge in [0, 0.05) is 19.1 Å². The first-order chi connectivity index (χ1) is 7.75. The lowest BCUT2D eigenvalue weighted by Crippen LogP contribution is -2.38. The second kappa shape index (κ2) is 6.81. The van der Waals surface area contributed by atoms with E-state index in [1.54, 1.807) is 7.11 Å². The topological polar surface area (TPSA) is 79.9 Å². The Hall–Kier alpha value is -0.810. The van der Waals surface area contributed by atoms with Crippen LogP contribution in [0.25, 0.3) is 0 Å². The highest BCUT2D eigenvalue weighted by Gasteiger charge is 2.23. The van der Waals surface area contributed by atoms with Crippen LogP contribution in [-0.2, 0) is 4.74 Å². The standard InChI is InChI=1S/C12H27N3O2/c1-11(2,10(13)15-16)7-6-8-14-9-12(3,4)17-5/h14,16H,6-9H2,1-5H3,(H2,13,15). The third kappa shape index (κ3) is 6.48. The zero-order chi connectivity index (χ0) is 13.5. The Balaban J connectivity index is 3.79. The molecule has 0 aliphatic carbocycles. The van der Waals surface area contributed by atoms with Gasteiger partial charge in [-0.2, -0.15) is 0 Å². The summed E-state index contributed by atoms with van der Waals surface area (Å²) < 4.78 is 5.31. The van der Waals surface area contributed by atoms with Crippen LogP contribution in [0.1, 0.15) is 40.5 Å². The largest absolute Gasteiger partial charge is 0.409 e. The average molecular weight is 245 g/mol. The van der Waals surface area contributed by atoms with E-state index >= 15 is 0 Å². The first-order valence-corrected chi connectivity index (χ1v) is 5.99. The minimum absolute atomic E-state index is 0.138. The van der Waals surface area contributed by atoms with E-state index in [9.17, 15) is 0 Å². The predicted molar refractivity (Wildman–Crippen MR) is 70.4 cm³/mol. The van der Waals surface area contributed by atoms with Gasteiger partial charge in [0.15, 0.2) is 0 Å². The number of nitrogens with one attached hydrogen (secondary N) is 1. The van der Waals surface area contributed by atoms with Crippen molar-refractivity contribution in [3.8, 4) is 0 Å². The van der Waals surface area contributed by atoms with Gasteiger partial charge in [-0.25, -0.2) is 0 Å². The minimum atomic E-state index is -0.257. The van der Waals surface area contributed by atoms with E-state index in [0.29, 0.717) is 0 Å². The van der Waals surface area contributed by atoms with Crippen molar-refractivity contribution < 1.29 is 9.94 Å². The molecule has 0 heterocycles. The van der Waals surface area contributed by atoms with Gasteiger partial charge in [-0.15, -0.1) is 0 Å². The van der Waals surface area contributed by atoms with Gasteiger partial charge in [0.1, 0.15) is 5.84 Å². The van der Waals surface area contributed by atoms with Crippen LogP contribution in [0.4, 0.5) is 0 Å². The molecule has 0 radical (unpaired) electrons. The Kier molecular flexibility index (Phi) is 6.49. The number of methoxy groups -OCH3 is 1. The Labute approximate surface area is 104 Å². The number of hydrogen-bond donors (Lipinski definition) is 3. The van der Waals surface area contributed by atoms with Gasteiger partial charge in [-0.05, 0) is 33.2 Å². The van der Waals surface area contributed by atoms with Crippen molar-refractivity contribution in [2.75, 3.05) is 20.2 Å². The molecule has 0 atom stereocenters. The van der Waals surface area contributed by atoms with E-state index in [2.05, 4.69) is 10.5 Å². The Bertz CT molecular complexity index is 250. The van der Waals surface area contributed by atoms with Crippen LogP contribution >= 0.6 is 0 Å². The molecule has 0 aliphatic heterocycles. The average Bonchev–Trinajstić information content (AvgIpc) is 2.27. The zero-order valence-electron chi connectivity index (χ0n) is 11.7. The Morgan fingerprint density at radius 1 is 1.35 bits per heavy atom. The first-order valence-electron chi connectivity index (χ1n) is 5.99. The molecule has 5 heteroatoms. The van der Waals surface area contributed by atoms with Crippen molar-refractivity contribution in [2.45, 2.75) is 46.1 Å². The summed E-state index contributed by atoms with van der Waals surface area (Å²) >= 11 is 0. The maximum Gasteiger partial charge on any atom is 0.144 e. The molecule has 0 rings (SSSR count). The van der Waals surface area contributed by atoms with Crippen LogP contribution in [0.2, 0.25) is 0 Å². The van der Waals surface area contributed by atoms with Crippen molar-refractivity contribution in [2.24, 2.45) is 16.3 Å². The summed E-state index contributed by atoms with van der Waals surface area (Å²) in [6.07, 6.45) is 1.85. The second-order valence-electron chi connectivity index (χ2n) is 5.61. The monoisotopic (exact) mass is 245 g/mol. The van der Waals surface area contributed by atoms with E-state index < -0.39 is 0 Å². The van der Waals surface area contributed by atoms with E-state index in [4.69, 9.17) is 15.7 Å². The summed E-state index contributed by atoms with van der Waals surface area (Å²) in [6, 6.07) is 0. The summed E-state index contributed by atoms with van der Waals surface area (Å²) in [5.74, 6) is 0.287. The van der Waals surface area contributed by atoms with Crippen LogP contribution in [0.15, 0.2) is 5.16 Å². The van der Waals surface area contributed by atoms with Crippen LogP contribution in [0.3, 0.4) is 0 Å². The smallest absolute Gasteiger partial charge is 0.144 e. The third-order valence-corrected chi connectivity index (χ3v) is 3.06. The quantitative estimate of drug-likeness (QED) is 0.199. The van der Waals surface area contributed by atoms with E-state index in [-0.39, 0.29) is 16.9 Å². The molecule has 0 spiro atoms. The van der Waals surface area contributed by atoms with Crippen molar-refractivity contribution >= 4 is 5.84 Å². The van der Waals surface area contributed by atoms with E-state index in [0.717, 1.165) is 25.9 Å². The molecule has 0 bridgehead atoms. The van der Waals surface area contributed by atoms with Gasteiger partial charge in [-0.1, -0.05) is 19.0 Å². The van der Waals surface area contributed by atoms with Crippen LogP contribution < -0.4 is 11.1 Å². The summed E-state index contributed by atoms with van der Waals surface area (Å²) in [5.41, 5.74) is 5.22. The molecule has 17 heavy (non-hydrogen) atoms. The molecule has 4 N–H and O–H groups in total. The van der Waals surface area contributed by atoms with Crippen LogP contribution in [0.5, 0.6) is 0 Å². The van der Waals surface area contributed by atoms with Gasteiger partial charge < -0.3 is 21.0 Å². The SMILES string of the molecule is COC(C)(C)CNCCCC(C)(C)C(N)=NO. The lowest BCUT2D eigenvalue weighted by Gasteiger charge is -2.25. The number of nitrogens with zero attached hydrogens (tertiary/aromatic N) is 1. The molecule has 5 nitrogen and oxygen atoms in total. The number of hydrogen-bond acceptors (Lipinski definition) is 4. The van der Waals surface area contributed by atoms with Crippen molar-refractivity contribution in [3.63, 3.8) is 0 Å². The molecule has 0 aromatic rings.